The van der Waals surface area contributed by atoms with E-state index in [9.17, 15) is 0 Å². The molecule has 0 fully saturated rings. The third-order valence-corrected chi connectivity index (χ3v) is 2.21. The molecule has 1 aromatic rings. The number of halogens is 1. The van der Waals surface area contributed by atoms with Gasteiger partial charge in [0.2, 0.25) is 0 Å². The first-order valence-corrected chi connectivity index (χ1v) is 5.24. The third-order valence-electron chi connectivity index (χ3n) is 1.96. The Hall–Kier alpha value is -1.01. The maximum Gasteiger partial charge on any atom is 0.0406 e. The first-order valence-electron chi connectivity index (χ1n) is 4.86. The average molecular weight is 207 g/mol. The van der Waals surface area contributed by atoms with E-state index in [1.54, 1.807) is 0 Å². The maximum absolute atomic E-state index is 5.78. The van der Waals surface area contributed by atoms with Crippen LogP contribution in [0.4, 0.5) is 0 Å². The topological polar surface area (TPSA) is 0 Å². The van der Waals surface area contributed by atoms with Gasteiger partial charge in [-0.25, -0.2) is 0 Å². The predicted octanol–water partition coefficient (Wildman–Crippen LogP) is 4.71. The molecule has 0 amide bonds. The highest BCUT2D eigenvalue weighted by Gasteiger charge is 1.87. The van der Waals surface area contributed by atoms with Crippen molar-refractivity contribution >= 4 is 17.7 Å². The van der Waals surface area contributed by atoms with Crippen molar-refractivity contribution in [1.29, 1.82) is 0 Å². The Morgan fingerprint density at radius 1 is 1.14 bits per heavy atom. The number of benzene rings is 1. The number of hydrogen-bond acceptors (Lipinski definition) is 0. The van der Waals surface area contributed by atoms with E-state index in [1.165, 1.54) is 12.0 Å². The van der Waals surface area contributed by atoms with Gasteiger partial charge in [-0.1, -0.05) is 42.0 Å². The molecule has 0 N–H and O–H groups in total. The van der Waals surface area contributed by atoms with Gasteiger partial charge in [0.05, 0.1) is 0 Å². The minimum absolute atomic E-state index is 0.786. The summed E-state index contributed by atoms with van der Waals surface area (Å²) in [6, 6.07) is 7.86. The Bertz CT molecular complexity index is 296. The first-order chi connectivity index (χ1) is 6.83. The van der Waals surface area contributed by atoms with Crippen molar-refractivity contribution in [3.05, 3.63) is 53.6 Å². The molecule has 0 nitrogen and oxygen atoms in total. The molecular formula is C13H15Cl. The smallest absolute Gasteiger partial charge is 0.0406 e. The lowest BCUT2D eigenvalue weighted by atomic mass is 10.1. The molecule has 0 atom stereocenters. The van der Waals surface area contributed by atoms with Crippen molar-refractivity contribution in [3.63, 3.8) is 0 Å². The molecule has 1 heteroatoms. The molecule has 74 valence electrons. The quantitative estimate of drug-likeness (QED) is 0.484. The SMILES string of the molecule is C=CCCC/C=C/c1ccc(Cl)cc1. The van der Waals surface area contributed by atoms with E-state index in [0.29, 0.717) is 0 Å². The van der Waals surface area contributed by atoms with Gasteiger partial charge >= 0.3 is 0 Å². The fourth-order valence-electron chi connectivity index (χ4n) is 1.17. The molecule has 0 aliphatic carbocycles. The van der Waals surface area contributed by atoms with E-state index in [-0.39, 0.29) is 0 Å². The average Bonchev–Trinajstić information content (AvgIpc) is 2.21. The van der Waals surface area contributed by atoms with Crippen LogP contribution in [0.5, 0.6) is 0 Å². The Morgan fingerprint density at radius 2 is 1.86 bits per heavy atom. The van der Waals surface area contributed by atoms with Crippen LogP contribution in [0.15, 0.2) is 43.0 Å². The summed E-state index contributed by atoms with van der Waals surface area (Å²) in [5.74, 6) is 0. The zero-order valence-electron chi connectivity index (χ0n) is 8.25. The molecule has 14 heavy (non-hydrogen) atoms. The third kappa shape index (κ3) is 4.29. The fourth-order valence-corrected chi connectivity index (χ4v) is 1.30. The van der Waals surface area contributed by atoms with Crippen LogP contribution >= 0.6 is 11.6 Å². The van der Waals surface area contributed by atoms with Gasteiger partial charge in [0.15, 0.2) is 0 Å². The van der Waals surface area contributed by atoms with Gasteiger partial charge in [0.1, 0.15) is 0 Å². The van der Waals surface area contributed by atoms with Crippen LogP contribution in [0.2, 0.25) is 5.02 Å². The molecule has 0 aliphatic rings. The van der Waals surface area contributed by atoms with Crippen molar-refractivity contribution < 1.29 is 0 Å². The van der Waals surface area contributed by atoms with Crippen molar-refractivity contribution in [2.45, 2.75) is 19.3 Å². The van der Waals surface area contributed by atoms with Gasteiger partial charge in [0, 0.05) is 5.02 Å². The van der Waals surface area contributed by atoms with Gasteiger partial charge in [-0.3, -0.25) is 0 Å². The zero-order chi connectivity index (χ0) is 10.2. The van der Waals surface area contributed by atoms with E-state index in [4.69, 9.17) is 11.6 Å². The Labute approximate surface area is 90.9 Å². The minimum atomic E-state index is 0.786. The molecule has 0 saturated carbocycles. The number of hydrogen-bond donors (Lipinski definition) is 0. The van der Waals surface area contributed by atoms with Gasteiger partial charge in [-0.15, -0.1) is 6.58 Å². The van der Waals surface area contributed by atoms with E-state index < -0.39 is 0 Å². The van der Waals surface area contributed by atoms with Crippen LogP contribution in [0.3, 0.4) is 0 Å². The molecule has 0 saturated heterocycles. The summed E-state index contributed by atoms with van der Waals surface area (Å²) in [6.45, 7) is 3.69. The summed E-state index contributed by atoms with van der Waals surface area (Å²) >= 11 is 5.78. The summed E-state index contributed by atoms with van der Waals surface area (Å²) < 4.78 is 0. The Morgan fingerprint density at radius 3 is 2.50 bits per heavy atom. The largest absolute Gasteiger partial charge is 0.103 e. The van der Waals surface area contributed by atoms with Gasteiger partial charge in [0.25, 0.3) is 0 Å². The van der Waals surface area contributed by atoms with E-state index in [0.717, 1.165) is 17.9 Å². The summed E-state index contributed by atoms with van der Waals surface area (Å²) in [6.07, 6.45) is 9.63. The standard InChI is InChI=1S/C13H15Cl/c1-2-3-4-5-6-7-12-8-10-13(14)11-9-12/h2,6-11H,1,3-5H2/b7-6+. The number of rotatable bonds is 5. The summed E-state index contributed by atoms with van der Waals surface area (Å²) in [5.41, 5.74) is 1.20. The van der Waals surface area contributed by atoms with Crippen molar-refractivity contribution in [2.75, 3.05) is 0 Å². The van der Waals surface area contributed by atoms with E-state index in [1.807, 2.05) is 30.3 Å². The lowest BCUT2D eigenvalue weighted by Gasteiger charge is -1.93. The summed E-state index contributed by atoms with van der Waals surface area (Å²) in [4.78, 5) is 0. The molecule has 1 rings (SSSR count). The van der Waals surface area contributed by atoms with Crippen LogP contribution in [-0.4, -0.2) is 0 Å². The number of allylic oxidation sites excluding steroid dienone is 2. The van der Waals surface area contributed by atoms with E-state index in [2.05, 4.69) is 18.7 Å². The fraction of sp³-hybridized carbons (Fsp3) is 0.231. The summed E-state index contributed by atoms with van der Waals surface area (Å²) in [7, 11) is 0. The van der Waals surface area contributed by atoms with Crippen molar-refractivity contribution in [1.82, 2.24) is 0 Å². The van der Waals surface area contributed by atoms with Gasteiger partial charge in [-0.2, -0.15) is 0 Å². The highest BCUT2D eigenvalue weighted by molar-refractivity contribution is 6.30. The van der Waals surface area contributed by atoms with Crippen LogP contribution in [-0.2, 0) is 0 Å². The molecule has 1 aromatic carbocycles. The monoisotopic (exact) mass is 206 g/mol. The molecule has 0 aliphatic heterocycles. The van der Waals surface area contributed by atoms with E-state index >= 15 is 0 Å². The molecule has 0 bridgehead atoms. The summed E-state index contributed by atoms with van der Waals surface area (Å²) in [5, 5.41) is 0.786. The Kier molecular flexibility index (Phi) is 5.09. The van der Waals surface area contributed by atoms with Gasteiger partial charge in [-0.05, 0) is 37.0 Å². The first kappa shape index (κ1) is 11.1. The molecule has 0 spiro atoms. The second-order valence-corrected chi connectivity index (χ2v) is 3.61. The van der Waals surface area contributed by atoms with Crippen molar-refractivity contribution in [2.24, 2.45) is 0 Å². The highest BCUT2D eigenvalue weighted by Crippen LogP contribution is 2.11. The normalized spacial score (nSPS) is 10.6. The molecule has 0 unspecified atom stereocenters. The maximum atomic E-state index is 5.78. The highest BCUT2D eigenvalue weighted by atomic mass is 35.5. The van der Waals surface area contributed by atoms with Gasteiger partial charge < -0.3 is 0 Å². The second-order valence-electron chi connectivity index (χ2n) is 3.17. The van der Waals surface area contributed by atoms with Crippen molar-refractivity contribution in [3.8, 4) is 0 Å². The second kappa shape index (κ2) is 6.44. The van der Waals surface area contributed by atoms with Crippen LogP contribution in [0.1, 0.15) is 24.8 Å². The van der Waals surface area contributed by atoms with Crippen LogP contribution in [0, 0.1) is 0 Å². The lowest BCUT2D eigenvalue weighted by Crippen LogP contribution is -1.71. The lowest BCUT2D eigenvalue weighted by molar-refractivity contribution is 0.872. The molecular weight excluding hydrogens is 192 g/mol. The molecule has 0 radical (unpaired) electrons. The predicted molar refractivity (Wildman–Crippen MR) is 64.5 cm³/mol. The van der Waals surface area contributed by atoms with Crippen LogP contribution in [0.25, 0.3) is 6.08 Å². The number of unbranched alkanes of at least 4 members (excludes halogenated alkanes) is 2. The Balaban J connectivity index is 2.36. The minimum Gasteiger partial charge on any atom is -0.103 e. The zero-order valence-corrected chi connectivity index (χ0v) is 9.00. The molecule has 0 aromatic heterocycles. The van der Waals surface area contributed by atoms with Crippen LogP contribution < -0.4 is 0 Å². The molecule has 0 heterocycles.